The topological polar surface area (TPSA) is 77.7 Å². The normalized spacial score (nSPS) is 16.8. The largest absolute Gasteiger partial charge is 0.463 e. The fourth-order valence-electron chi connectivity index (χ4n) is 4.98. The van der Waals surface area contributed by atoms with Gasteiger partial charge in [-0.1, -0.05) is 95.3 Å². The predicted octanol–water partition coefficient (Wildman–Crippen LogP) is 7.36. The van der Waals surface area contributed by atoms with Crippen LogP contribution >= 0.6 is 11.3 Å². The van der Waals surface area contributed by atoms with Gasteiger partial charge in [-0.2, -0.15) is 4.57 Å². The average molecular weight is 568 g/mol. The van der Waals surface area contributed by atoms with E-state index in [0.717, 1.165) is 45.1 Å². The number of aromatic nitrogens is 1. The molecule has 1 aromatic heterocycles. The van der Waals surface area contributed by atoms with Crippen LogP contribution in [0.1, 0.15) is 122 Å². The van der Waals surface area contributed by atoms with Crippen molar-refractivity contribution in [1.29, 1.82) is 0 Å². The lowest BCUT2D eigenvalue weighted by Gasteiger charge is -2.11. The van der Waals surface area contributed by atoms with Gasteiger partial charge in [-0.05, 0) is 25.7 Å². The van der Waals surface area contributed by atoms with Crippen molar-refractivity contribution in [2.75, 3.05) is 26.4 Å². The van der Waals surface area contributed by atoms with Crippen LogP contribution in [0, 0.1) is 5.92 Å². The van der Waals surface area contributed by atoms with Crippen molar-refractivity contribution >= 4 is 23.4 Å². The van der Waals surface area contributed by atoms with Crippen LogP contribution in [0.2, 0.25) is 0 Å². The molecule has 1 aromatic rings. The van der Waals surface area contributed by atoms with Crippen molar-refractivity contribution in [3.63, 3.8) is 0 Å². The van der Waals surface area contributed by atoms with Crippen molar-refractivity contribution in [1.82, 2.24) is 5.32 Å². The zero-order valence-electron chi connectivity index (χ0n) is 24.5. The highest BCUT2D eigenvalue weighted by molar-refractivity contribution is 7.07. The fraction of sp³-hybridized carbons (Fsp3) is 0.839. The third-order valence-electron chi connectivity index (χ3n) is 7.42. The van der Waals surface area contributed by atoms with E-state index < -0.39 is 0 Å². The monoisotopic (exact) mass is 567 g/mol. The molecular weight excluding hydrogens is 512 g/mol. The Morgan fingerprint density at radius 3 is 2.21 bits per heavy atom. The fourth-order valence-corrected chi connectivity index (χ4v) is 5.61. The molecule has 224 valence electrons. The molecule has 0 saturated carbocycles. The van der Waals surface area contributed by atoms with E-state index in [2.05, 4.69) is 33.9 Å². The van der Waals surface area contributed by atoms with E-state index >= 15 is 0 Å². The maximum Gasteiger partial charge on any atom is 0.407 e. The molecule has 2 rings (SSSR count). The Hall–Kier alpha value is -1.67. The van der Waals surface area contributed by atoms with Crippen LogP contribution in [0.3, 0.4) is 0 Å². The number of nitrogens with zero attached hydrogens (tertiary/aromatic N) is 1. The van der Waals surface area contributed by atoms with Crippen molar-refractivity contribution in [3.8, 4) is 0 Å². The summed E-state index contributed by atoms with van der Waals surface area (Å²) in [6.07, 6.45) is 22.9. The molecule has 1 amide bonds. The molecule has 0 radical (unpaired) electrons. The molecule has 0 unspecified atom stereocenters. The lowest BCUT2D eigenvalue weighted by molar-refractivity contribution is -0.692. The van der Waals surface area contributed by atoms with E-state index in [4.69, 9.17) is 14.2 Å². The van der Waals surface area contributed by atoms with Crippen molar-refractivity contribution < 1.29 is 28.4 Å². The van der Waals surface area contributed by atoms with Gasteiger partial charge >= 0.3 is 12.1 Å². The number of hydrogen-bond donors (Lipinski definition) is 1. The van der Waals surface area contributed by atoms with Crippen molar-refractivity contribution in [3.05, 3.63) is 17.1 Å². The molecule has 7 nitrogen and oxygen atoms in total. The van der Waals surface area contributed by atoms with Crippen LogP contribution in [0.4, 0.5) is 4.79 Å². The Balaban J connectivity index is 1.33. The molecule has 8 heteroatoms. The van der Waals surface area contributed by atoms with E-state index in [1.807, 2.05) is 0 Å². The van der Waals surface area contributed by atoms with Gasteiger partial charge in [0.2, 0.25) is 5.51 Å². The van der Waals surface area contributed by atoms with Gasteiger partial charge in [-0.3, -0.25) is 4.79 Å². The van der Waals surface area contributed by atoms with Gasteiger partial charge in [0.1, 0.15) is 13.2 Å². The van der Waals surface area contributed by atoms with E-state index in [0.29, 0.717) is 26.2 Å². The number of carbonyl (C=O) groups is 2. The molecule has 1 aliphatic rings. The lowest BCUT2D eigenvalue weighted by Crippen LogP contribution is -2.29. The van der Waals surface area contributed by atoms with Crippen LogP contribution in [0.5, 0.6) is 0 Å². The van der Waals surface area contributed by atoms with Crippen LogP contribution in [0.25, 0.3) is 0 Å². The Morgan fingerprint density at radius 2 is 1.54 bits per heavy atom. The molecular formula is C31H55N2O5S+. The highest BCUT2D eigenvalue weighted by Crippen LogP contribution is 2.20. The summed E-state index contributed by atoms with van der Waals surface area (Å²) < 4.78 is 18.7. The third-order valence-corrected chi connectivity index (χ3v) is 8.09. The van der Waals surface area contributed by atoms with Gasteiger partial charge in [0.15, 0.2) is 6.20 Å². The Morgan fingerprint density at radius 1 is 0.872 bits per heavy atom. The standard InChI is InChI=1S/C31H54N2O5S/c1-2-3-4-5-6-7-8-9-10-11-12-13-16-19-32-31(35)38-25-28-23-29(36-24-28)26-37-30(34)18-15-14-17-20-33-21-22-39-27-33/h21-22,27-29H,2-20,23-26H2,1H3/p+1/t28-,29+/m0/s1. The molecule has 1 fully saturated rings. The van der Waals surface area contributed by atoms with E-state index in [1.54, 1.807) is 11.3 Å². The number of esters is 1. The SMILES string of the molecule is CCCCCCCCCCCCCCCNC(=O)OC[C@@H]1CO[C@@H](COC(=O)CCCCC[n+]2ccsc2)C1. The Bertz CT molecular complexity index is 731. The quantitative estimate of drug-likeness (QED) is 0.0802. The minimum absolute atomic E-state index is 0.105. The van der Waals surface area contributed by atoms with Crippen LogP contribution in [-0.2, 0) is 25.5 Å². The molecule has 1 aliphatic heterocycles. The van der Waals surface area contributed by atoms with Crippen molar-refractivity contribution in [2.45, 2.75) is 135 Å². The first-order valence-corrected chi connectivity index (χ1v) is 16.7. The molecule has 2 atom stereocenters. The number of rotatable bonds is 24. The summed E-state index contributed by atoms with van der Waals surface area (Å²) in [6, 6.07) is 0. The summed E-state index contributed by atoms with van der Waals surface area (Å²) in [7, 11) is 0. The zero-order chi connectivity index (χ0) is 27.8. The number of hydrogen-bond acceptors (Lipinski definition) is 6. The summed E-state index contributed by atoms with van der Waals surface area (Å²) in [5, 5.41) is 4.93. The zero-order valence-corrected chi connectivity index (χ0v) is 25.4. The van der Waals surface area contributed by atoms with E-state index in [1.165, 1.54) is 70.6 Å². The first-order chi connectivity index (χ1) is 19.2. The number of aryl methyl sites for hydroxylation is 1. The minimum Gasteiger partial charge on any atom is -0.463 e. The van der Waals surface area contributed by atoms with Crippen LogP contribution in [-0.4, -0.2) is 44.5 Å². The van der Waals surface area contributed by atoms with E-state index in [9.17, 15) is 9.59 Å². The summed E-state index contributed by atoms with van der Waals surface area (Å²) in [4.78, 5) is 24.0. The summed E-state index contributed by atoms with van der Waals surface area (Å²) >= 11 is 1.69. The Kier molecular flexibility index (Phi) is 19.8. The van der Waals surface area contributed by atoms with Crippen LogP contribution < -0.4 is 9.88 Å². The molecule has 2 heterocycles. The highest BCUT2D eigenvalue weighted by atomic mass is 32.1. The van der Waals surface area contributed by atoms with Gasteiger partial charge in [0.25, 0.3) is 0 Å². The van der Waals surface area contributed by atoms with Gasteiger partial charge in [0, 0.05) is 25.3 Å². The minimum atomic E-state index is -0.346. The van der Waals surface area contributed by atoms with Gasteiger partial charge in [-0.15, -0.1) is 0 Å². The molecule has 0 aromatic carbocycles. The number of unbranched alkanes of at least 4 members (excludes halogenated alkanes) is 14. The van der Waals surface area contributed by atoms with Gasteiger partial charge in [-0.25, -0.2) is 4.79 Å². The molecule has 1 N–H and O–H groups in total. The summed E-state index contributed by atoms with van der Waals surface area (Å²) in [6.45, 7) is 5.10. The number of nitrogens with one attached hydrogen (secondary N) is 1. The molecule has 39 heavy (non-hydrogen) atoms. The summed E-state index contributed by atoms with van der Waals surface area (Å²) in [5.41, 5.74) is 2.10. The highest BCUT2D eigenvalue weighted by Gasteiger charge is 2.27. The van der Waals surface area contributed by atoms with Crippen LogP contribution in [0.15, 0.2) is 17.1 Å². The first-order valence-electron chi connectivity index (χ1n) is 15.8. The number of thiazole rings is 1. The molecule has 0 aliphatic carbocycles. The van der Waals surface area contributed by atoms with Gasteiger partial charge in [0.05, 0.1) is 24.7 Å². The second kappa shape index (κ2) is 23.1. The number of amides is 1. The molecule has 1 saturated heterocycles. The average Bonchev–Trinajstić information content (AvgIpc) is 3.63. The number of ether oxygens (including phenoxy) is 3. The second-order valence-electron chi connectivity index (χ2n) is 11.1. The Labute approximate surface area is 241 Å². The molecule has 0 bridgehead atoms. The number of alkyl carbamates (subject to hydrolysis) is 1. The van der Waals surface area contributed by atoms with Crippen molar-refractivity contribution in [2.24, 2.45) is 5.92 Å². The maximum absolute atomic E-state index is 12.0. The van der Waals surface area contributed by atoms with Gasteiger partial charge < -0.3 is 19.5 Å². The smallest absolute Gasteiger partial charge is 0.407 e. The third kappa shape index (κ3) is 18.3. The van der Waals surface area contributed by atoms with E-state index in [-0.39, 0.29) is 30.7 Å². The first kappa shape index (κ1) is 33.5. The number of carbonyl (C=O) groups excluding carboxylic acids is 2. The second-order valence-corrected chi connectivity index (χ2v) is 11.8. The predicted molar refractivity (Wildman–Crippen MR) is 157 cm³/mol. The summed E-state index contributed by atoms with van der Waals surface area (Å²) in [5.74, 6) is -0.000530. The maximum atomic E-state index is 12.0. The molecule has 0 spiro atoms. The lowest BCUT2D eigenvalue weighted by atomic mass is 10.0.